The molecule has 1 aliphatic rings. The fourth-order valence-corrected chi connectivity index (χ4v) is 3.07. The number of halogens is 1. The van der Waals surface area contributed by atoms with E-state index in [1.807, 2.05) is 11.0 Å². The summed E-state index contributed by atoms with van der Waals surface area (Å²) < 4.78 is 13.3. The van der Waals surface area contributed by atoms with Gasteiger partial charge in [0.05, 0.1) is 5.60 Å². The highest BCUT2D eigenvalue weighted by atomic mass is 19.1. The average molecular weight is 330 g/mol. The molecule has 6 heteroatoms. The zero-order valence-electron chi connectivity index (χ0n) is 13.2. The lowest BCUT2D eigenvalue weighted by Gasteiger charge is -2.39. The first-order valence-corrected chi connectivity index (χ1v) is 7.87. The molecule has 0 radical (unpaired) electrons. The van der Waals surface area contributed by atoms with Crippen LogP contribution in [-0.4, -0.2) is 39.9 Å². The summed E-state index contributed by atoms with van der Waals surface area (Å²) in [5.41, 5.74) is -0.0978. The number of hydrogen-bond donors (Lipinski definition) is 2. The molecule has 2 aromatic rings. The zero-order chi connectivity index (χ0) is 17.2. The van der Waals surface area contributed by atoms with Gasteiger partial charge in [-0.1, -0.05) is 18.2 Å². The highest BCUT2D eigenvalue weighted by Gasteiger charge is 2.33. The summed E-state index contributed by atoms with van der Waals surface area (Å²) in [5, 5.41) is 19.8. The summed E-state index contributed by atoms with van der Waals surface area (Å²) in [6.45, 7) is 1.14. The molecular formula is C18H19FN2O3. The van der Waals surface area contributed by atoms with Crippen molar-refractivity contribution in [1.82, 2.24) is 4.98 Å². The van der Waals surface area contributed by atoms with E-state index in [1.165, 1.54) is 18.2 Å². The maximum absolute atomic E-state index is 13.3. The third kappa shape index (κ3) is 3.71. The summed E-state index contributed by atoms with van der Waals surface area (Å²) >= 11 is 0. The number of carboxylic acid groups (broad SMARTS) is 1. The molecule has 0 saturated carbocycles. The van der Waals surface area contributed by atoms with Crippen LogP contribution in [0.25, 0.3) is 0 Å². The minimum absolute atomic E-state index is 0.00750. The van der Waals surface area contributed by atoms with Crippen molar-refractivity contribution in [2.45, 2.75) is 24.9 Å². The van der Waals surface area contributed by atoms with Gasteiger partial charge in [-0.2, -0.15) is 0 Å². The van der Waals surface area contributed by atoms with E-state index in [0.717, 1.165) is 5.56 Å². The summed E-state index contributed by atoms with van der Waals surface area (Å²) in [4.78, 5) is 17.1. The van der Waals surface area contributed by atoms with Crippen LogP contribution in [0.1, 0.15) is 28.9 Å². The Morgan fingerprint density at radius 2 is 1.92 bits per heavy atom. The highest BCUT2D eigenvalue weighted by molar-refractivity contribution is 5.85. The molecule has 0 amide bonds. The second-order valence-electron chi connectivity index (χ2n) is 6.20. The van der Waals surface area contributed by atoms with E-state index < -0.39 is 11.6 Å². The van der Waals surface area contributed by atoms with Gasteiger partial charge in [-0.15, -0.1) is 0 Å². The van der Waals surface area contributed by atoms with Crippen LogP contribution in [0.3, 0.4) is 0 Å². The van der Waals surface area contributed by atoms with Crippen molar-refractivity contribution in [1.29, 1.82) is 0 Å². The van der Waals surface area contributed by atoms with Gasteiger partial charge in [-0.05, 0) is 42.7 Å². The minimum Gasteiger partial charge on any atom is -0.477 e. The first kappa shape index (κ1) is 16.4. The van der Waals surface area contributed by atoms with Crippen molar-refractivity contribution in [2.75, 3.05) is 18.0 Å². The molecule has 1 saturated heterocycles. The Labute approximate surface area is 139 Å². The third-order valence-electron chi connectivity index (χ3n) is 4.39. The Morgan fingerprint density at radius 1 is 1.21 bits per heavy atom. The zero-order valence-corrected chi connectivity index (χ0v) is 13.2. The molecule has 1 aromatic carbocycles. The fourth-order valence-electron chi connectivity index (χ4n) is 3.07. The number of piperidine rings is 1. The van der Waals surface area contributed by atoms with Crippen molar-refractivity contribution in [2.24, 2.45) is 0 Å². The summed E-state index contributed by atoms with van der Waals surface area (Å²) in [7, 11) is 0. The predicted molar refractivity (Wildman–Crippen MR) is 87.7 cm³/mol. The van der Waals surface area contributed by atoms with E-state index >= 15 is 0 Å². The number of benzene rings is 1. The van der Waals surface area contributed by atoms with Crippen LogP contribution in [0, 0.1) is 5.82 Å². The molecule has 2 heterocycles. The van der Waals surface area contributed by atoms with Crippen LogP contribution < -0.4 is 4.90 Å². The van der Waals surface area contributed by atoms with Gasteiger partial charge >= 0.3 is 5.97 Å². The largest absolute Gasteiger partial charge is 0.477 e. The molecule has 0 aliphatic carbocycles. The predicted octanol–water partition coefficient (Wildman–Crippen LogP) is 2.49. The molecule has 0 bridgehead atoms. The standard InChI is InChI=1S/C18H19FN2O3/c19-14-4-1-3-13(11-14)12-18(24)7-9-21(10-8-18)16-6-2-5-15(20-16)17(22)23/h1-6,11,24H,7-10,12H2,(H,22,23). The Hall–Kier alpha value is -2.47. The second kappa shape index (κ2) is 6.57. The third-order valence-corrected chi connectivity index (χ3v) is 4.39. The smallest absolute Gasteiger partial charge is 0.354 e. The molecule has 0 atom stereocenters. The number of hydrogen-bond acceptors (Lipinski definition) is 4. The number of pyridine rings is 1. The number of carbonyl (C=O) groups is 1. The van der Waals surface area contributed by atoms with Crippen LogP contribution in [0.2, 0.25) is 0 Å². The Bertz CT molecular complexity index is 743. The van der Waals surface area contributed by atoms with Gasteiger partial charge in [0.1, 0.15) is 11.6 Å². The van der Waals surface area contributed by atoms with Crippen molar-refractivity contribution < 1.29 is 19.4 Å². The van der Waals surface area contributed by atoms with Gasteiger partial charge in [0.25, 0.3) is 0 Å². The molecule has 1 fully saturated rings. The molecule has 3 rings (SSSR count). The van der Waals surface area contributed by atoms with Crippen molar-refractivity contribution in [3.63, 3.8) is 0 Å². The second-order valence-corrected chi connectivity index (χ2v) is 6.20. The fraction of sp³-hybridized carbons (Fsp3) is 0.333. The Morgan fingerprint density at radius 3 is 2.58 bits per heavy atom. The van der Waals surface area contributed by atoms with Crippen LogP contribution in [0.15, 0.2) is 42.5 Å². The monoisotopic (exact) mass is 330 g/mol. The topological polar surface area (TPSA) is 73.7 Å². The molecule has 2 N–H and O–H groups in total. The number of anilines is 1. The van der Waals surface area contributed by atoms with E-state index in [-0.39, 0.29) is 11.5 Å². The van der Waals surface area contributed by atoms with Gasteiger partial charge < -0.3 is 15.1 Å². The first-order valence-electron chi connectivity index (χ1n) is 7.87. The van der Waals surface area contributed by atoms with Gasteiger partial charge in [-0.25, -0.2) is 14.2 Å². The SMILES string of the molecule is O=C(O)c1cccc(N2CCC(O)(Cc3cccc(F)c3)CC2)n1. The molecule has 126 valence electrons. The van der Waals surface area contributed by atoms with Gasteiger partial charge in [0.15, 0.2) is 5.69 Å². The molecule has 1 aliphatic heterocycles. The maximum atomic E-state index is 13.3. The Kier molecular flexibility index (Phi) is 4.49. The van der Waals surface area contributed by atoms with Crippen LogP contribution in [-0.2, 0) is 6.42 Å². The van der Waals surface area contributed by atoms with E-state index in [2.05, 4.69) is 4.98 Å². The Balaban J connectivity index is 1.66. The maximum Gasteiger partial charge on any atom is 0.354 e. The highest BCUT2D eigenvalue weighted by Crippen LogP contribution is 2.28. The lowest BCUT2D eigenvalue weighted by molar-refractivity contribution is 0.0163. The van der Waals surface area contributed by atoms with E-state index in [4.69, 9.17) is 5.11 Å². The summed E-state index contributed by atoms with van der Waals surface area (Å²) in [6.07, 6.45) is 1.44. The number of nitrogens with zero attached hydrogens (tertiary/aromatic N) is 2. The van der Waals surface area contributed by atoms with Crippen LogP contribution in [0.5, 0.6) is 0 Å². The first-order chi connectivity index (χ1) is 11.5. The number of aliphatic hydroxyl groups is 1. The lowest BCUT2D eigenvalue weighted by Crippen LogP contribution is -2.46. The molecule has 24 heavy (non-hydrogen) atoms. The van der Waals surface area contributed by atoms with Gasteiger partial charge in [0.2, 0.25) is 0 Å². The van der Waals surface area contributed by atoms with Crippen molar-refractivity contribution in [3.8, 4) is 0 Å². The van der Waals surface area contributed by atoms with Crippen molar-refractivity contribution in [3.05, 3.63) is 59.5 Å². The minimum atomic E-state index is -1.06. The quantitative estimate of drug-likeness (QED) is 0.901. The van der Waals surface area contributed by atoms with E-state index in [9.17, 15) is 14.3 Å². The van der Waals surface area contributed by atoms with E-state index in [1.54, 1.807) is 18.2 Å². The average Bonchev–Trinajstić information content (AvgIpc) is 2.55. The summed E-state index contributed by atoms with van der Waals surface area (Å²) in [6, 6.07) is 11.2. The number of aromatic nitrogens is 1. The number of carboxylic acids is 1. The molecule has 0 unspecified atom stereocenters. The molecular weight excluding hydrogens is 311 g/mol. The van der Waals surface area contributed by atoms with Crippen molar-refractivity contribution >= 4 is 11.8 Å². The van der Waals surface area contributed by atoms with Crippen LogP contribution in [0.4, 0.5) is 10.2 Å². The molecule has 1 aromatic heterocycles. The normalized spacial score (nSPS) is 16.8. The van der Waals surface area contributed by atoms with Crippen LogP contribution >= 0.6 is 0 Å². The lowest BCUT2D eigenvalue weighted by atomic mass is 9.85. The summed E-state index contributed by atoms with van der Waals surface area (Å²) in [5.74, 6) is -0.762. The number of aromatic carboxylic acids is 1. The molecule has 0 spiro atoms. The molecule has 5 nitrogen and oxygen atoms in total. The van der Waals surface area contributed by atoms with Gasteiger partial charge in [-0.3, -0.25) is 0 Å². The van der Waals surface area contributed by atoms with Gasteiger partial charge in [0, 0.05) is 19.5 Å². The van der Waals surface area contributed by atoms with E-state index in [0.29, 0.717) is 38.2 Å². The number of rotatable bonds is 4.